The number of rotatable bonds is 2. The average Bonchev–Trinajstić information content (AvgIpc) is 2.38. The molecule has 0 bridgehead atoms. The monoisotopic (exact) mass is 280 g/mol. The summed E-state index contributed by atoms with van der Waals surface area (Å²) < 4.78 is 26.5. The van der Waals surface area contributed by atoms with Gasteiger partial charge in [-0.1, -0.05) is 0 Å². The molecule has 1 atom stereocenters. The fourth-order valence-electron chi connectivity index (χ4n) is 2.32. The Bertz CT molecular complexity index is 543. The van der Waals surface area contributed by atoms with Crippen LogP contribution in [0.1, 0.15) is 19.4 Å². The molecule has 5 heteroatoms. The molecule has 1 aromatic carbocycles. The van der Waals surface area contributed by atoms with Crippen LogP contribution in [0.4, 0.5) is 8.78 Å². The van der Waals surface area contributed by atoms with Gasteiger partial charge in [-0.2, -0.15) is 0 Å². The summed E-state index contributed by atoms with van der Waals surface area (Å²) >= 11 is 0. The van der Waals surface area contributed by atoms with Crippen LogP contribution in [-0.4, -0.2) is 36.5 Å². The third-order valence-corrected chi connectivity index (χ3v) is 3.48. The molecule has 1 heterocycles. The van der Waals surface area contributed by atoms with Gasteiger partial charge in [0.1, 0.15) is 11.6 Å². The molecule has 1 aromatic rings. The van der Waals surface area contributed by atoms with E-state index in [1.807, 2.05) is 6.92 Å². The third kappa shape index (κ3) is 3.22. The second-order valence-electron chi connectivity index (χ2n) is 5.04. The van der Waals surface area contributed by atoms with Gasteiger partial charge in [0.25, 0.3) is 0 Å². The molecular formula is C15H18F2N2O. The van der Waals surface area contributed by atoms with Crippen LogP contribution in [0.5, 0.6) is 0 Å². The molecular weight excluding hydrogens is 262 g/mol. The van der Waals surface area contributed by atoms with Crippen molar-refractivity contribution in [3.8, 4) is 0 Å². The van der Waals surface area contributed by atoms with Gasteiger partial charge in [0.15, 0.2) is 0 Å². The molecule has 1 saturated heterocycles. The highest BCUT2D eigenvalue weighted by Crippen LogP contribution is 2.19. The van der Waals surface area contributed by atoms with Crippen molar-refractivity contribution in [3.05, 3.63) is 41.5 Å². The first-order chi connectivity index (χ1) is 9.49. The van der Waals surface area contributed by atoms with E-state index in [1.165, 1.54) is 18.2 Å². The van der Waals surface area contributed by atoms with Crippen molar-refractivity contribution < 1.29 is 13.6 Å². The number of allylic oxidation sites excluding steroid dienone is 1. The van der Waals surface area contributed by atoms with Gasteiger partial charge < -0.3 is 10.2 Å². The molecule has 1 fully saturated rings. The summed E-state index contributed by atoms with van der Waals surface area (Å²) in [6.07, 6.45) is 1.41. The molecule has 1 N–H and O–H groups in total. The van der Waals surface area contributed by atoms with Crippen LogP contribution in [0.2, 0.25) is 0 Å². The van der Waals surface area contributed by atoms with Crippen LogP contribution in [0.25, 0.3) is 5.57 Å². The molecule has 1 unspecified atom stereocenters. The summed E-state index contributed by atoms with van der Waals surface area (Å²) in [6.45, 7) is 5.76. The van der Waals surface area contributed by atoms with Gasteiger partial charge in [0.2, 0.25) is 5.91 Å². The fraction of sp³-hybridized carbons (Fsp3) is 0.400. The third-order valence-electron chi connectivity index (χ3n) is 3.48. The minimum Gasteiger partial charge on any atom is -0.334 e. The Morgan fingerprint density at radius 1 is 1.45 bits per heavy atom. The standard InChI is InChI=1S/C15H18F2N2O/c1-10(13-4-3-12(16)8-14(13)17)7-15(20)19-6-5-18-9-11(19)2/h3-4,7-8,11,18H,5-6,9H2,1-2H3/b10-7+. The zero-order valence-electron chi connectivity index (χ0n) is 11.6. The van der Waals surface area contributed by atoms with Crippen LogP contribution in [-0.2, 0) is 4.79 Å². The molecule has 20 heavy (non-hydrogen) atoms. The Balaban J connectivity index is 2.18. The first-order valence-corrected chi connectivity index (χ1v) is 6.64. The van der Waals surface area contributed by atoms with E-state index in [2.05, 4.69) is 5.32 Å². The number of carbonyl (C=O) groups excluding carboxylic acids is 1. The maximum absolute atomic E-state index is 13.7. The predicted molar refractivity (Wildman–Crippen MR) is 74.1 cm³/mol. The molecule has 0 saturated carbocycles. The second-order valence-corrected chi connectivity index (χ2v) is 5.04. The summed E-state index contributed by atoms with van der Waals surface area (Å²) in [5.41, 5.74) is 0.751. The van der Waals surface area contributed by atoms with E-state index in [0.717, 1.165) is 19.2 Å². The number of nitrogens with zero attached hydrogens (tertiary/aromatic N) is 1. The Morgan fingerprint density at radius 2 is 2.20 bits per heavy atom. The quantitative estimate of drug-likeness (QED) is 0.842. The minimum absolute atomic E-state index is 0.110. The number of carbonyl (C=O) groups is 1. The van der Waals surface area contributed by atoms with Gasteiger partial charge in [-0.25, -0.2) is 8.78 Å². The fourth-order valence-corrected chi connectivity index (χ4v) is 2.32. The Morgan fingerprint density at radius 3 is 2.85 bits per heavy atom. The first-order valence-electron chi connectivity index (χ1n) is 6.64. The smallest absolute Gasteiger partial charge is 0.247 e. The number of piperazine rings is 1. The largest absolute Gasteiger partial charge is 0.334 e. The van der Waals surface area contributed by atoms with E-state index in [1.54, 1.807) is 11.8 Å². The normalized spacial score (nSPS) is 20.1. The number of nitrogens with one attached hydrogen (secondary N) is 1. The van der Waals surface area contributed by atoms with E-state index < -0.39 is 11.6 Å². The van der Waals surface area contributed by atoms with E-state index >= 15 is 0 Å². The molecule has 2 rings (SSSR count). The molecule has 1 amide bonds. The maximum Gasteiger partial charge on any atom is 0.247 e. The SMILES string of the molecule is C/C(=C\C(=O)N1CCNCC1C)c1ccc(F)cc1F. The predicted octanol–water partition coefficient (Wildman–Crippen LogP) is 2.19. The van der Waals surface area contributed by atoms with Gasteiger partial charge >= 0.3 is 0 Å². The van der Waals surface area contributed by atoms with E-state index in [0.29, 0.717) is 12.1 Å². The van der Waals surface area contributed by atoms with Crippen molar-refractivity contribution in [1.29, 1.82) is 0 Å². The van der Waals surface area contributed by atoms with Crippen molar-refractivity contribution in [2.24, 2.45) is 0 Å². The van der Waals surface area contributed by atoms with Crippen molar-refractivity contribution in [2.75, 3.05) is 19.6 Å². The molecule has 0 radical (unpaired) electrons. The van der Waals surface area contributed by atoms with E-state index in [4.69, 9.17) is 0 Å². The molecule has 3 nitrogen and oxygen atoms in total. The summed E-state index contributed by atoms with van der Waals surface area (Å²) in [7, 11) is 0. The Hall–Kier alpha value is -1.75. The molecule has 0 spiro atoms. The minimum atomic E-state index is -0.653. The van der Waals surface area contributed by atoms with Gasteiger partial charge in [-0.05, 0) is 31.6 Å². The number of benzene rings is 1. The molecule has 1 aliphatic heterocycles. The van der Waals surface area contributed by atoms with Crippen molar-refractivity contribution in [2.45, 2.75) is 19.9 Å². The number of amides is 1. The lowest BCUT2D eigenvalue weighted by Gasteiger charge is -2.33. The summed E-state index contributed by atoms with van der Waals surface area (Å²) in [5, 5.41) is 3.20. The lowest BCUT2D eigenvalue weighted by molar-refractivity contribution is -0.128. The highest BCUT2D eigenvalue weighted by molar-refractivity contribution is 5.95. The van der Waals surface area contributed by atoms with Gasteiger partial charge in [-0.3, -0.25) is 4.79 Å². The van der Waals surface area contributed by atoms with Crippen LogP contribution in [0, 0.1) is 11.6 Å². The Labute approximate surface area is 117 Å². The lowest BCUT2D eigenvalue weighted by Crippen LogP contribution is -2.51. The van der Waals surface area contributed by atoms with Crippen molar-refractivity contribution in [3.63, 3.8) is 0 Å². The zero-order chi connectivity index (χ0) is 14.7. The number of hydrogen-bond acceptors (Lipinski definition) is 2. The Kier molecular flexibility index (Phi) is 4.49. The maximum atomic E-state index is 13.7. The highest BCUT2D eigenvalue weighted by atomic mass is 19.1. The number of hydrogen-bond donors (Lipinski definition) is 1. The topological polar surface area (TPSA) is 32.3 Å². The number of halogens is 2. The molecule has 1 aliphatic rings. The average molecular weight is 280 g/mol. The lowest BCUT2D eigenvalue weighted by atomic mass is 10.1. The van der Waals surface area contributed by atoms with Gasteiger partial charge in [0.05, 0.1) is 0 Å². The first kappa shape index (κ1) is 14.7. The van der Waals surface area contributed by atoms with Gasteiger partial charge in [-0.15, -0.1) is 0 Å². The summed E-state index contributed by atoms with van der Waals surface area (Å²) in [5.74, 6) is -1.42. The molecule has 108 valence electrons. The van der Waals surface area contributed by atoms with Crippen LogP contribution < -0.4 is 5.32 Å². The van der Waals surface area contributed by atoms with Crippen LogP contribution in [0.15, 0.2) is 24.3 Å². The summed E-state index contributed by atoms with van der Waals surface area (Å²) in [4.78, 5) is 13.9. The summed E-state index contributed by atoms with van der Waals surface area (Å²) in [6, 6.07) is 3.47. The van der Waals surface area contributed by atoms with Crippen LogP contribution in [0.3, 0.4) is 0 Å². The van der Waals surface area contributed by atoms with E-state index in [-0.39, 0.29) is 17.5 Å². The highest BCUT2D eigenvalue weighted by Gasteiger charge is 2.21. The van der Waals surface area contributed by atoms with E-state index in [9.17, 15) is 13.6 Å². The van der Waals surface area contributed by atoms with Crippen molar-refractivity contribution in [1.82, 2.24) is 10.2 Å². The van der Waals surface area contributed by atoms with Crippen molar-refractivity contribution >= 4 is 11.5 Å². The molecule has 0 aliphatic carbocycles. The zero-order valence-corrected chi connectivity index (χ0v) is 11.6. The molecule has 0 aromatic heterocycles. The van der Waals surface area contributed by atoms with Crippen LogP contribution >= 0.6 is 0 Å². The second kappa shape index (κ2) is 6.13. The van der Waals surface area contributed by atoms with Gasteiger partial charge in [0, 0.05) is 43.4 Å².